The molecule has 0 spiro atoms. The molecule has 1 aromatic carbocycles. The molecule has 0 aliphatic carbocycles. The van der Waals surface area contributed by atoms with E-state index < -0.39 is 0 Å². The van der Waals surface area contributed by atoms with Gasteiger partial charge in [-0.05, 0) is 43.5 Å². The highest BCUT2D eigenvalue weighted by Crippen LogP contribution is 2.27. The fourth-order valence-corrected chi connectivity index (χ4v) is 1.70. The van der Waals surface area contributed by atoms with Crippen LogP contribution in [0.15, 0.2) is 24.5 Å². The molecule has 18 heavy (non-hydrogen) atoms. The van der Waals surface area contributed by atoms with Gasteiger partial charge in [-0.15, -0.1) is 0 Å². The predicted molar refractivity (Wildman–Crippen MR) is 68.7 cm³/mol. The van der Waals surface area contributed by atoms with Crippen molar-refractivity contribution in [2.45, 2.75) is 27.4 Å². The Morgan fingerprint density at radius 2 is 1.89 bits per heavy atom. The highest BCUT2D eigenvalue weighted by Gasteiger charge is 2.06. The van der Waals surface area contributed by atoms with Gasteiger partial charge in [0.15, 0.2) is 0 Å². The Morgan fingerprint density at radius 3 is 2.50 bits per heavy atom. The van der Waals surface area contributed by atoms with E-state index in [0.29, 0.717) is 11.6 Å². The summed E-state index contributed by atoms with van der Waals surface area (Å²) in [6.07, 6.45) is 3.02. The third kappa shape index (κ3) is 2.65. The fraction of sp³-hybridized carbons (Fsp3) is 0.286. The first kappa shape index (κ1) is 12.5. The lowest BCUT2D eigenvalue weighted by Crippen LogP contribution is -1.96. The number of aromatic nitrogens is 2. The molecule has 0 aliphatic heterocycles. The zero-order valence-corrected chi connectivity index (χ0v) is 10.8. The van der Waals surface area contributed by atoms with Crippen molar-refractivity contribution in [3.63, 3.8) is 0 Å². The molecule has 4 nitrogen and oxygen atoms in total. The van der Waals surface area contributed by atoms with Gasteiger partial charge in [0.2, 0.25) is 5.88 Å². The smallest absolute Gasteiger partial charge is 0.237 e. The summed E-state index contributed by atoms with van der Waals surface area (Å²) in [5.41, 5.74) is 3.95. The van der Waals surface area contributed by atoms with Gasteiger partial charge in [-0.25, -0.2) is 4.98 Å². The Labute approximate surface area is 106 Å². The summed E-state index contributed by atoms with van der Waals surface area (Å²) in [5, 5.41) is 8.89. The molecule has 0 fully saturated rings. The molecule has 0 saturated carbocycles. The summed E-state index contributed by atoms with van der Waals surface area (Å²) < 4.78 is 5.72. The number of nitrogens with zero attached hydrogens (tertiary/aromatic N) is 2. The molecule has 4 heteroatoms. The van der Waals surface area contributed by atoms with Crippen LogP contribution in [0.5, 0.6) is 11.6 Å². The van der Waals surface area contributed by atoms with Gasteiger partial charge < -0.3 is 9.84 Å². The number of aryl methyl sites for hydroxylation is 2. The van der Waals surface area contributed by atoms with Crippen LogP contribution in [-0.2, 0) is 6.61 Å². The van der Waals surface area contributed by atoms with E-state index in [1.54, 1.807) is 0 Å². The summed E-state index contributed by atoms with van der Waals surface area (Å²) in [5.74, 6) is 1.22. The monoisotopic (exact) mass is 244 g/mol. The van der Waals surface area contributed by atoms with Crippen LogP contribution < -0.4 is 4.74 Å². The molecule has 1 heterocycles. The van der Waals surface area contributed by atoms with Crippen molar-refractivity contribution in [1.29, 1.82) is 0 Å². The van der Waals surface area contributed by atoms with E-state index in [9.17, 15) is 0 Å². The van der Waals surface area contributed by atoms with Crippen molar-refractivity contribution < 1.29 is 9.84 Å². The summed E-state index contributed by atoms with van der Waals surface area (Å²) >= 11 is 0. The highest BCUT2D eigenvalue weighted by molar-refractivity contribution is 5.43. The number of hydrogen-bond acceptors (Lipinski definition) is 4. The lowest BCUT2D eigenvalue weighted by atomic mass is 10.1. The van der Waals surface area contributed by atoms with Gasteiger partial charge in [0, 0.05) is 0 Å². The fourth-order valence-electron chi connectivity index (χ4n) is 1.70. The SMILES string of the molecule is Cc1cc(C)c(C)c(Oc2cnc(CO)cn2)c1. The van der Waals surface area contributed by atoms with E-state index in [4.69, 9.17) is 9.84 Å². The number of ether oxygens (including phenoxy) is 1. The van der Waals surface area contributed by atoms with Crippen molar-refractivity contribution in [2.24, 2.45) is 0 Å². The van der Waals surface area contributed by atoms with Crippen LogP contribution in [0.1, 0.15) is 22.4 Å². The number of benzene rings is 1. The van der Waals surface area contributed by atoms with Crippen LogP contribution in [0.3, 0.4) is 0 Å². The first-order valence-electron chi connectivity index (χ1n) is 5.77. The van der Waals surface area contributed by atoms with E-state index in [1.165, 1.54) is 18.0 Å². The van der Waals surface area contributed by atoms with Crippen molar-refractivity contribution in [3.05, 3.63) is 46.9 Å². The van der Waals surface area contributed by atoms with Gasteiger partial charge in [0.1, 0.15) is 5.75 Å². The van der Waals surface area contributed by atoms with Crippen molar-refractivity contribution in [3.8, 4) is 11.6 Å². The Hall–Kier alpha value is -1.94. The van der Waals surface area contributed by atoms with E-state index in [1.807, 2.05) is 19.9 Å². The van der Waals surface area contributed by atoms with Gasteiger partial charge in [-0.2, -0.15) is 0 Å². The summed E-state index contributed by atoms with van der Waals surface area (Å²) in [7, 11) is 0. The van der Waals surface area contributed by atoms with Crippen LogP contribution in [-0.4, -0.2) is 15.1 Å². The molecule has 0 aliphatic rings. The first-order chi connectivity index (χ1) is 8.60. The molecule has 0 atom stereocenters. The van der Waals surface area contributed by atoms with Gasteiger partial charge in [-0.1, -0.05) is 6.07 Å². The molecule has 0 bridgehead atoms. The average molecular weight is 244 g/mol. The summed E-state index contributed by atoms with van der Waals surface area (Å²) in [6, 6.07) is 4.09. The second kappa shape index (κ2) is 5.14. The molecular weight excluding hydrogens is 228 g/mol. The zero-order valence-electron chi connectivity index (χ0n) is 10.8. The number of rotatable bonds is 3. The maximum Gasteiger partial charge on any atom is 0.237 e. The minimum absolute atomic E-state index is 0.115. The number of hydrogen-bond donors (Lipinski definition) is 1. The predicted octanol–water partition coefficient (Wildman–Crippen LogP) is 2.69. The van der Waals surface area contributed by atoms with E-state index in [2.05, 4.69) is 23.0 Å². The third-order valence-electron chi connectivity index (χ3n) is 2.82. The molecule has 0 saturated heterocycles. The Kier molecular flexibility index (Phi) is 3.58. The van der Waals surface area contributed by atoms with E-state index in [0.717, 1.165) is 16.9 Å². The van der Waals surface area contributed by atoms with Gasteiger partial charge in [0.05, 0.1) is 24.7 Å². The average Bonchev–Trinajstić information content (AvgIpc) is 2.36. The molecule has 2 rings (SSSR count). The lowest BCUT2D eigenvalue weighted by Gasteiger charge is -2.11. The van der Waals surface area contributed by atoms with Crippen LogP contribution in [0.2, 0.25) is 0 Å². The third-order valence-corrected chi connectivity index (χ3v) is 2.82. The van der Waals surface area contributed by atoms with Crippen molar-refractivity contribution in [1.82, 2.24) is 9.97 Å². The van der Waals surface area contributed by atoms with Gasteiger partial charge in [0.25, 0.3) is 0 Å². The molecular formula is C14H16N2O2. The van der Waals surface area contributed by atoms with E-state index >= 15 is 0 Å². The largest absolute Gasteiger partial charge is 0.437 e. The van der Waals surface area contributed by atoms with Crippen LogP contribution >= 0.6 is 0 Å². The minimum Gasteiger partial charge on any atom is -0.437 e. The highest BCUT2D eigenvalue weighted by atomic mass is 16.5. The maximum absolute atomic E-state index is 8.89. The second-order valence-electron chi connectivity index (χ2n) is 4.31. The summed E-state index contributed by atoms with van der Waals surface area (Å²) in [6.45, 7) is 5.98. The minimum atomic E-state index is -0.115. The van der Waals surface area contributed by atoms with Crippen molar-refractivity contribution in [2.75, 3.05) is 0 Å². The molecule has 0 unspecified atom stereocenters. The van der Waals surface area contributed by atoms with Crippen molar-refractivity contribution >= 4 is 0 Å². The summed E-state index contributed by atoms with van der Waals surface area (Å²) in [4.78, 5) is 8.13. The Bertz CT molecular complexity index is 550. The second-order valence-corrected chi connectivity index (χ2v) is 4.31. The first-order valence-corrected chi connectivity index (χ1v) is 5.77. The van der Waals surface area contributed by atoms with Crippen LogP contribution in [0.25, 0.3) is 0 Å². The standard InChI is InChI=1S/C14H16N2O2/c1-9-4-10(2)11(3)13(5-9)18-14-7-15-12(8-17)6-16-14/h4-7,17H,8H2,1-3H3. The molecule has 0 radical (unpaired) electrons. The maximum atomic E-state index is 8.89. The zero-order chi connectivity index (χ0) is 13.1. The van der Waals surface area contributed by atoms with Crippen LogP contribution in [0, 0.1) is 20.8 Å². The van der Waals surface area contributed by atoms with Gasteiger partial charge >= 0.3 is 0 Å². The Morgan fingerprint density at radius 1 is 1.11 bits per heavy atom. The molecule has 2 aromatic rings. The topological polar surface area (TPSA) is 55.2 Å². The van der Waals surface area contributed by atoms with Crippen LogP contribution in [0.4, 0.5) is 0 Å². The molecule has 94 valence electrons. The quantitative estimate of drug-likeness (QED) is 0.901. The lowest BCUT2D eigenvalue weighted by molar-refractivity contribution is 0.276. The molecule has 1 aromatic heterocycles. The normalized spacial score (nSPS) is 10.4. The Balaban J connectivity index is 2.27. The molecule has 0 amide bonds. The van der Waals surface area contributed by atoms with Gasteiger partial charge in [-0.3, -0.25) is 4.98 Å². The number of aliphatic hydroxyl groups excluding tert-OH is 1. The number of aliphatic hydroxyl groups is 1. The molecule has 1 N–H and O–H groups in total. The van der Waals surface area contributed by atoms with E-state index in [-0.39, 0.29) is 6.61 Å².